The highest BCUT2D eigenvalue weighted by atomic mass is 32.2. The van der Waals surface area contributed by atoms with Crippen molar-refractivity contribution in [3.63, 3.8) is 0 Å². The van der Waals surface area contributed by atoms with Gasteiger partial charge in [-0.1, -0.05) is 13.0 Å². The van der Waals surface area contributed by atoms with E-state index in [1.54, 1.807) is 0 Å². The number of thioether (sulfide) groups is 1. The lowest BCUT2D eigenvalue weighted by Gasteiger charge is -2.39. The predicted molar refractivity (Wildman–Crippen MR) is 96.0 cm³/mol. The van der Waals surface area contributed by atoms with E-state index in [-0.39, 0.29) is 0 Å². The molecule has 0 radical (unpaired) electrons. The summed E-state index contributed by atoms with van der Waals surface area (Å²) < 4.78 is 0. The molecule has 0 aromatic carbocycles. The van der Waals surface area contributed by atoms with Crippen LogP contribution in [0.2, 0.25) is 0 Å². The molecule has 23 heavy (non-hydrogen) atoms. The molecular weight excluding hydrogens is 304 g/mol. The molecule has 0 bridgehead atoms. The van der Waals surface area contributed by atoms with Gasteiger partial charge in [-0.25, -0.2) is 9.97 Å². The monoisotopic (exact) mass is 326 g/mol. The fourth-order valence-corrected chi connectivity index (χ4v) is 4.59. The minimum atomic E-state index is 0.505. The van der Waals surface area contributed by atoms with Gasteiger partial charge in [0.1, 0.15) is 11.5 Å². The lowest BCUT2D eigenvalue weighted by atomic mass is 10.1. The molecule has 1 fully saturated rings. The van der Waals surface area contributed by atoms with Crippen LogP contribution in [-0.2, 0) is 12.8 Å². The molecule has 1 aliphatic heterocycles. The third-order valence-corrected chi connectivity index (χ3v) is 6.30. The van der Waals surface area contributed by atoms with E-state index in [0.29, 0.717) is 11.3 Å². The largest absolute Gasteiger partial charge is 0.352 e. The molecule has 0 N–H and O–H groups in total. The first-order valence-corrected chi connectivity index (χ1v) is 9.48. The Balaban J connectivity index is 1.81. The van der Waals surface area contributed by atoms with Gasteiger partial charge in [0.25, 0.3) is 0 Å². The highest BCUT2D eigenvalue weighted by molar-refractivity contribution is 8.00. The van der Waals surface area contributed by atoms with E-state index in [4.69, 9.17) is 9.97 Å². The Morgan fingerprint density at radius 3 is 2.91 bits per heavy atom. The van der Waals surface area contributed by atoms with Crippen molar-refractivity contribution in [3.8, 4) is 11.5 Å². The summed E-state index contributed by atoms with van der Waals surface area (Å²) in [5, 5.41) is 0.633. The molecule has 4 nitrogen and oxygen atoms in total. The van der Waals surface area contributed by atoms with Crippen LogP contribution in [0, 0.1) is 0 Å². The third-order valence-electron chi connectivity index (χ3n) is 4.96. The van der Waals surface area contributed by atoms with Gasteiger partial charge >= 0.3 is 0 Å². The van der Waals surface area contributed by atoms with E-state index in [9.17, 15) is 0 Å². The summed E-state index contributed by atoms with van der Waals surface area (Å²) >= 11 is 2.06. The minimum Gasteiger partial charge on any atom is -0.352 e. The van der Waals surface area contributed by atoms with Gasteiger partial charge in [-0.2, -0.15) is 11.8 Å². The topological polar surface area (TPSA) is 41.9 Å². The van der Waals surface area contributed by atoms with E-state index in [0.717, 1.165) is 36.7 Å². The standard InChI is InChI=1S/C18H22N4S/c1-12-13(2)23-11-10-22(12)18-14-6-5-8-15(14)20-17(21-18)16-7-3-4-9-19-16/h3-4,7,9,12-13H,5-6,8,10-11H2,1-2H3. The molecule has 1 aliphatic carbocycles. The summed E-state index contributed by atoms with van der Waals surface area (Å²) in [6, 6.07) is 6.44. The zero-order chi connectivity index (χ0) is 15.8. The van der Waals surface area contributed by atoms with Crippen molar-refractivity contribution in [2.75, 3.05) is 17.2 Å². The van der Waals surface area contributed by atoms with Crippen LogP contribution in [0.4, 0.5) is 5.82 Å². The molecule has 2 unspecified atom stereocenters. The predicted octanol–water partition coefficient (Wildman–Crippen LogP) is 3.36. The maximum absolute atomic E-state index is 4.97. The summed E-state index contributed by atoms with van der Waals surface area (Å²) in [5.74, 6) is 3.11. The number of pyridine rings is 1. The summed E-state index contributed by atoms with van der Waals surface area (Å²) in [4.78, 5) is 16.7. The maximum atomic E-state index is 4.97. The summed E-state index contributed by atoms with van der Waals surface area (Å²) in [6.07, 6.45) is 5.18. The van der Waals surface area contributed by atoms with Crippen molar-refractivity contribution < 1.29 is 0 Å². The fraction of sp³-hybridized carbons (Fsp3) is 0.500. The van der Waals surface area contributed by atoms with Gasteiger partial charge in [0.2, 0.25) is 0 Å². The Hall–Kier alpha value is -1.62. The average Bonchev–Trinajstić information content (AvgIpc) is 3.06. The molecule has 3 heterocycles. The van der Waals surface area contributed by atoms with Crippen molar-refractivity contribution >= 4 is 17.6 Å². The van der Waals surface area contributed by atoms with Crippen LogP contribution in [0.3, 0.4) is 0 Å². The molecule has 2 aromatic heterocycles. The van der Waals surface area contributed by atoms with E-state index in [1.807, 2.05) is 24.4 Å². The molecule has 2 aromatic rings. The van der Waals surface area contributed by atoms with Crippen molar-refractivity contribution in [2.45, 2.75) is 44.4 Å². The number of fused-ring (bicyclic) bond motifs is 1. The Kier molecular flexibility index (Phi) is 3.97. The van der Waals surface area contributed by atoms with Gasteiger partial charge in [-0.15, -0.1) is 0 Å². The second-order valence-electron chi connectivity index (χ2n) is 6.37. The Morgan fingerprint density at radius 1 is 1.17 bits per heavy atom. The average molecular weight is 326 g/mol. The highest BCUT2D eigenvalue weighted by Crippen LogP contribution is 2.35. The van der Waals surface area contributed by atoms with Crippen LogP contribution >= 0.6 is 11.8 Å². The molecule has 0 saturated carbocycles. The van der Waals surface area contributed by atoms with Gasteiger partial charge in [0.05, 0.1) is 0 Å². The number of aryl methyl sites for hydroxylation is 1. The quantitative estimate of drug-likeness (QED) is 0.846. The first-order valence-electron chi connectivity index (χ1n) is 8.43. The first-order chi connectivity index (χ1) is 11.2. The summed E-state index contributed by atoms with van der Waals surface area (Å²) in [7, 11) is 0. The van der Waals surface area contributed by atoms with Crippen LogP contribution in [0.15, 0.2) is 24.4 Å². The molecule has 1 saturated heterocycles. The number of nitrogens with zero attached hydrogens (tertiary/aromatic N) is 4. The summed E-state index contributed by atoms with van der Waals surface area (Å²) in [6.45, 7) is 5.71. The second-order valence-corrected chi connectivity index (χ2v) is 7.86. The number of hydrogen-bond acceptors (Lipinski definition) is 5. The fourth-order valence-electron chi connectivity index (χ4n) is 3.49. The molecule has 2 atom stereocenters. The number of aromatic nitrogens is 3. The van der Waals surface area contributed by atoms with Gasteiger partial charge in [0.15, 0.2) is 5.82 Å². The molecule has 0 spiro atoms. The van der Waals surface area contributed by atoms with Crippen LogP contribution in [-0.4, -0.2) is 38.5 Å². The number of anilines is 1. The van der Waals surface area contributed by atoms with Crippen LogP contribution in [0.25, 0.3) is 11.5 Å². The lowest BCUT2D eigenvalue weighted by molar-refractivity contribution is 0.617. The molecular formula is C18H22N4S. The number of hydrogen-bond donors (Lipinski definition) is 0. The Bertz CT molecular complexity index is 704. The normalized spacial score (nSPS) is 23.8. The van der Waals surface area contributed by atoms with Crippen molar-refractivity contribution in [3.05, 3.63) is 35.7 Å². The van der Waals surface area contributed by atoms with Crippen LogP contribution in [0.1, 0.15) is 31.5 Å². The highest BCUT2D eigenvalue weighted by Gasteiger charge is 2.30. The smallest absolute Gasteiger partial charge is 0.180 e. The Morgan fingerprint density at radius 2 is 2.09 bits per heavy atom. The minimum absolute atomic E-state index is 0.505. The lowest BCUT2D eigenvalue weighted by Crippen LogP contribution is -2.45. The van der Waals surface area contributed by atoms with E-state index in [1.165, 1.54) is 23.4 Å². The zero-order valence-corrected chi connectivity index (χ0v) is 14.5. The molecule has 5 heteroatoms. The molecule has 0 amide bonds. The maximum Gasteiger partial charge on any atom is 0.180 e. The summed E-state index contributed by atoms with van der Waals surface area (Å²) in [5.41, 5.74) is 3.47. The van der Waals surface area contributed by atoms with Crippen molar-refractivity contribution in [1.29, 1.82) is 0 Å². The Labute approximate surface area is 141 Å². The van der Waals surface area contributed by atoms with Gasteiger partial charge in [-0.3, -0.25) is 4.98 Å². The van der Waals surface area contributed by atoms with Gasteiger partial charge in [-0.05, 0) is 38.3 Å². The molecule has 4 rings (SSSR count). The first kappa shape index (κ1) is 14.9. The molecule has 2 aliphatic rings. The molecule has 120 valence electrons. The zero-order valence-electron chi connectivity index (χ0n) is 13.7. The van der Waals surface area contributed by atoms with E-state index < -0.39 is 0 Å². The third kappa shape index (κ3) is 2.71. The van der Waals surface area contributed by atoms with Gasteiger partial charge in [0, 0.05) is 41.0 Å². The van der Waals surface area contributed by atoms with Crippen LogP contribution < -0.4 is 4.90 Å². The van der Waals surface area contributed by atoms with E-state index >= 15 is 0 Å². The van der Waals surface area contributed by atoms with Gasteiger partial charge < -0.3 is 4.90 Å². The van der Waals surface area contributed by atoms with Crippen molar-refractivity contribution in [1.82, 2.24) is 15.0 Å². The van der Waals surface area contributed by atoms with E-state index in [2.05, 4.69) is 35.5 Å². The van der Waals surface area contributed by atoms with Crippen LogP contribution in [0.5, 0.6) is 0 Å². The SMILES string of the molecule is CC1SCCN(c2nc(-c3ccccn3)nc3c2CCC3)C1C. The number of rotatable bonds is 2. The van der Waals surface area contributed by atoms with Crippen molar-refractivity contribution in [2.24, 2.45) is 0 Å². The second kappa shape index (κ2) is 6.11.